The summed E-state index contributed by atoms with van der Waals surface area (Å²) in [6.45, 7) is 8.95. The molecule has 2 aliphatic rings. The van der Waals surface area contributed by atoms with Crippen LogP contribution in [0.25, 0.3) is 0 Å². The predicted molar refractivity (Wildman–Crippen MR) is 112 cm³/mol. The molecule has 28 heavy (non-hydrogen) atoms. The number of benzene rings is 1. The Morgan fingerprint density at radius 3 is 2.29 bits per heavy atom. The van der Waals surface area contributed by atoms with E-state index >= 15 is 0 Å². The summed E-state index contributed by atoms with van der Waals surface area (Å²) >= 11 is 0. The third kappa shape index (κ3) is 5.13. The Bertz CT molecular complexity index is 635. The van der Waals surface area contributed by atoms with E-state index in [1.54, 1.807) is 0 Å². The Balaban J connectivity index is 1.51. The van der Waals surface area contributed by atoms with Gasteiger partial charge >= 0.3 is 0 Å². The van der Waals surface area contributed by atoms with E-state index in [0.29, 0.717) is 19.0 Å². The summed E-state index contributed by atoms with van der Waals surface area (Å²) in [6.07, 6.45) is 5.28. The molecule has 0 bridgehead atoms. The summed E-state index contributed by atoms with van der Waals surface area (Å²) < 4.78 is 0. The van der Waals surface area contributed by atoms with Gasteiger partial charge in [-0.15, -0.1) is 0 Å². The van der Waals surface area contributed by atoms with Crippen LogP contribution in [0.1, 0.15) is 51.5 Å². The van der Waals surface area contributed by atoms with Gasteiger partial charge in [0, 0.05) is 32.1 Å². The number of carbonyl (C=O) groups is 2. The topological polar surface area (TPSA) is 43.9 Å². The fourth-order valence-electron chi connectivity index (χ4n) is 4.48. The first kappa shape index (κ1) is 20.8. The highest BCUT2D eigenvalue weighted by Gasteiger charge is 2.33. The summed E-state index contributed by atoms with van der Waals surface area (Å²) in [4.78, 5) is 32.1. The monoisotopic (exact) mass is 385 g/mol. The summed E-state index contributed by atoms with van der Waals surface area (Å²) in [6, 6.07) is 10.0. The molecule has 0 spiro atoms. The fraction of sp³-hybridized carbons (Fsp3) is 0.652. The minimum atomic E-state index is -0.130. The van der Waals surface area contributed by atoms with E-state index in [2.05, 4.69) is 21.9 Å². The molecule has 0 N–H and O–H groups in total. The Labute approximate surface area is 169 Å². The Morgan fingerprint density at radius 1 is 1.04 bits per heavy atom. The molecule has 2 amide bonds. The average molecular weight is 386 g/mol. The molecule has 5 nitrogen and oxygen atoms in total. The van der Waals surface area contributed by atoms with Crippen LogP contribution in [0.2, 0.25) is 0 Å². The second-order valence-corrected chi connectivity index (χ2v) is 8.21. The van der Waals surface area contributed by atoms with E-state index in [0.717, 1.165) is 57.4 Å². The molecule has 154 valence electrons. The van der Waals surface area contributed by atoms with Gasteiger partial charge in [0.05, 0.1) is 6.04 Å². The van der Waals surface area contributed by atoms with Gasteiger partial charge in [0.15, 0.2) is 0 Å². The summed E-state index contributed by atoms with van der Waals surface area (Å²) in [5, 5.41) is 0. The molecule has 0 aromatic heterocycles. The van der Waals surface area contributed by atoms with Crippen LogP contribution in [-0.4, -0.2) is 65.3 Å². The lowest BCUT2D eigenvalue weighted by atomic mass is 9.93. The zero-order valence-corrected chi connectivity index (χ0v) is 17.5. The van der Waals surface area contributed by atoms with Crippen LogP contribution >= 0.6 is 0 Å². The van der Waals surface area contributed by atoms with Crippen LogP contribution in [0.5, 0.6) is 0 Å². The molecule has 2 fully saturated rings. The smallest absolute Gasteiger partial charge is 0.239 e. The van der Waals surface area contributed by atoms with Crippen molar-refractivity contribution < 1.29 is 9.59 Å². The third-order valence-electron chi connectivity index (χ3n) is 6.36. The van der Waals surface area contributed by atoms with Gasteiger partial charge < -0.3 is 9.80 Å². The van der Waals surface area contributed by atoms with E-state index in [1.165, 1.54) is 6.42 Å². The maximum atomic E-state index is 13.0. The third-order valence-corrected chi connectivity index (χ3v) is 6.36. The van der Waals surface area contributed by atoms with Crippen molar-refractivity contribution in [2.75, 3.05) is 32.7 Å². The van der Waals surface area contributed by atoms with Gasteiger partial charge in [-0.3, -0.25) is 14.5 Å². The highest BCUT2D eigenvalue weighted by molar-refractivity contribution is 5.82. The fourth-order valence-corrected chi connectivity index (χ4v) is 4.48. The normalized spacial score (nSPS) is 20.0. The van der Waals surface area contributed by atoms with Crippen molar-refractivity contribution in [1.29, 1.82) is 0 Å². The molecule has 3 rings (SSSR count). The van der Waals surface area contributed by atoms with Crippen molar-refractivity contribution >= 4 is 11.8 Å². The van der Waals surface area contributed by atoms with Gasteiger partial charge in [-0.05, 0) is 64.6 Å². The SMILES string of the molecule is CCN(Cc1ccccc1)C(=O)C(C)N1CCC(C(=O)N2CCCCC2)CC1. The number of nitrogens with zero attached hydrogens (tertiary/aromatic N) is 3. The van der Waals surface area contributed by atoms with Crippen molar-refractivity contribution in [3.05, 3.63) is 35.9 Å². The zero-order chi connectivity index (χ0) is 19.9. The number of hydrogen-bond acceptors (Lipinski definition) is 3. The molecule has 1 aromatic rings. The number of hydrogen-bond donors (Lipinski definition) is 0. The highest BCUT2D eigenvalue weighted by Crippen LogP contribution is 2.23. The first-order valence-electron chi connectivity index (χ1n) is 11.0. The predicted octanol–water partition coefficient (Wildman–Crippen LogP) is 3.15. The second-order valence-electron chi connectivity index (χ2n) is 8.21. The molecule has 2 heterocycles. The first-order chi connectivity index (χ1) is 13.6. The van der Waals surface area contributed by atoms with E-state index in [9.17, 15) is 9.59 Å². The largest absolute Gasteiger partial charge is 0.342 e. The van der Waals surface area contributed by atoms with Crippen LogP contribution in [-0.2, 0) is 16.1 Å². The maximum Gasteiger partial charge on any atom is 0.239 e. The van der Waals surface area contributed by atoms with E-state index in [-0.39, 0.29) is 17.9 Å². The van der Waals surface area contributed by atoms with Gasteiger partial charge in [-0.25, -0.2) is 0 Å². The van der Waals surface area contributed by atoms with E-state index in [4.69, 9.17) is 0 Å². The lowest BCUT2D eigenvalue weighted by molar-refractivity contribution is -0.140. The molecule has 2 aliphatic heterocycles. The number of piperidine rings is 2. The maximum absolute atomic E-state index is 13.0. The van der Waals surface area contributed by atoms with Crippen molar-refractivity contribution in [2.24, 2.45) is 5.92 Å². The molecule has 1 atom stereocenters. The van der Waals surface area contributed by atoms with E-state index in [1.807, 2.05) is 36.9 Å². The van der Waals surface area contributed by atoms with Crippen molar-refractivity contribution in [3.63, 3.8) is 0 Å². The van der Waals surface area contributed by atoms with Crippen LogP contribution in [0.4, 0.5) is 0 Å². The Kier molecular flexibility index (Phi) is 7.49. The molecular formula is C23H35N3O2. The number of amides is 2. The Hall–Kier alpha value is -1.88. The molecule has 2 saturated heterocycles. The molecule has 0 radical (unpaired) electrons. The minimum Gasteiger partial charge on any atom is -0.342 e. The Morgan fingerprint density at radius 2 is 1.68 bits per heavy atom. The number of likely N-dealkylation sites (N-methyl/N-ethyl adjacent to an activating group) is 1. The average Bonchev–Trinajstić information content (AvgIpc) is 2.77. The number of likely N-dealkylation sites (tertiary alicyclic amines) is 2. The first-order valence-corrected chi connectivity index (χ1v) is 11.0. The zero-order valence-electron chi connectivity index (χ0n) is 17.5. The molecule has 5 heteroatoms. The van der Waals surface area contributed by atoms with Gasteiger partial charge in [-0.1, -0.05) is 30.3 Å². The van der Waals surface area contributed by atoms with Crippen molar-refractivity contribution in [2.45, 2.75) is 58.5 Å². The highest BCUT2D eigenvalue weighted by atomic mass is 16.2. The van der Waals surface area contributed by atoms with Crippen LogP contribution in [0.3, 0.4) is 0 Å². The van der Waals surface area contributed by atoms with Crippen LogP contribution in [0, 0.1) is 5.92 Å². The standard InChI is InChI=1S/C23H35N3O2/c1-3-24(18-20-10-6-4-7-11-20)22(27)19(2)25-16-12-21(13-17-25)23(28)26-14-8-5-9-15-26/h4,6-7,10-11,19,21H,3,5,8-9,12-18H2,1-2H3. The second kappa shape index (κ2) is 10.1. The lowest BCUT2D eigenvalue weighted by Crippen LogP contribution is -2.51. The molecular weight excluding hydrogens is 350 g/mol. The molecule has 0 aliphatic carbocycles. The van der Waals surface area contributed by atoms with Crippen LogP contribution < -0.4 is 0 Å². The van der Waals surface area contributed by atoms with Crippen LogP contribution in [0.15, 0.2) is 30.3 Å². The minimum absolute atomic E-state index is 0.130. The summed E-state index contributed by atoms with van der Waals surface area (Å²) in [5.41, 5.74) is 1.16. The summed E-state index contributed by atoms with van der Waals surface area (Å²) in [5.74, 6) is 0.674. The van der Waals surface area contributed by atoms with Crippen molar-refractivity contribution in [3.8, 4) is 0 Å². The van der Waals surface area contributed by atoms with Crippen molar-refractivity contribution in [1.82, 2.24) is 14.7 Å². The van der Waals surface area contributed by atoms with Gasteiger partial charge in [0.2, 0.25) is 11.8 Å². The van der Waals surface area contributed by atoms with Gasteiger partial charge in [-0.2, -0.15) is 0 Å². The van der Waals surface area contributed by atoms with E-state index < -0.39 is 0 Å². The summed E-state index contributed by atoms with van der Waals surface area (Å²) in [7, 11) is 0. The quantitative estimate of drug-likeness (QED) is 0.756. The lowest BCUT2D eigenvalue weighted by Gasteiger charge is -2.38. The van der Waals surface area contributed by atoms with Gasteiger partial charge in [0.1, 0.15) is 0 Å². The van der Waals surface area contributed by atoms with Gasteiger partial charge in [0.25, 0.3) is 0 Å². The molecule has 1 unspecified atom stereocenters. The number of rotatable bonds is 6. The number of carbonyl (C=O) groups excluding carboxylic acids is 2. The molecule has 0 saturated carbocycles. The molecule has 1 aromatic carbocycles.